The zero-order valence-corrected chi connectivity index (χ0v) is 21.3. The molecule has 0 bridgehead atoms. The van der Waals surface area contributed by atoms with Crippen LogP contribution in [0.4, 0.5) is 0 Å². The first-order valence-corrected chi connectivity index (χ1v) is 12.9. The number of hydrogen-bond acceptors (Lipinski definition) is 5. The lowest BCUT2D eigenvalue weighted by molar-refractivity contribution is 0.0717. The molecule has 3 aromatic heterocycles. The molecule has 8 nitrogen and oxygen atoms in total. The number of rotatable bonds is 1. The topological polar surface area (TPSA) is 88.4 Å². The van der Waals surface area contributed by atoms with Crippen molar-refractivity contribution in [3.8, 4) is 5.95 Å². The van der Waals surface area contributed by atoms with Crippen LogP contribution in [0.15, 0.2) is 91.6 Å². The van der Waals surface area contributed by atoms with Gasteiger partial charge in [-0.3, -0.25) is 18.7 Å². The van der Waals surface area contributed by atoms with E-state index in [4.69, 9.17) is 9.15 Å². The molecule has 0 N–H and O–H groups in total. The van der Waals surface area contributed by atoms with E-state index in [9.17, 15) is 14.4 Å². The largest absolute Gasteiger partial charge is 0.456 e. The highest BCUT2D eigenvalue weighted by Gasteiger charge is 2.49. The third-order valence-electron chi connectivity index (χ3n) is 8.51. The average Bonchev–Trinajstić information content (AvgIpc) is 3.52. The molecule has 0 unspecified atom stereocenters. The van der Waals surface area contributed by atoms with Crippen LogP contribution in [0.25, 0.3) is 32.8 Å². The van der Waals surface area contributed by atoms with Gasteiger partial charge < -0.3 is 13.7 Å². The van der Waals surface area contributed by atoms with E-state index in [0.29, 0.717) is 34.1 Å². The second-order valence-corrected chi connectivity index (χ2v) is 10.5. The van der Waals surface area contributed by atoms with E-state index >= 15 is 0 Å². The SMILES string of the molecule is Cn1c(=O)c2cc3n(c2n(C)c1=O)C[C@@H]1[C@H]3c2c(oc3c(ccc4ccccc43)c2=O)O[C@@H]1c1ccccc1. The summed E-state index contributed by atoms with van der Waals surface area (Å²) in [7, 11) is 3.15. The Morgan fingerprint density at radius 3 is 2.41 bits per heavy atom. The lowest BCUT2D eigenvalue weighted by Gasteiger charge is -2.34. The number of hydrogen-bond donors (Lipinski definition) is 0. The summed E-state index contributed by atoms with van der Waals surface area (Å²) >= 11 is 0. The smallest absolute Gasteiger partial charge is 0.332 e. The Bertz CT molecular complexity index is 2190. The van der Waals surface area contributed by atoms with Gasteiger partial charge in [-0.25, -0.2) is 4.79 Å². The Labute approximate surface area is 220 Å². The molecule has 3 atom stereocenters. The third-order valence-corrected chi connectivity index (χ3v) is 8.51. The van der Waals surface area contributed by atoms with Crippen LogP contribution in [0.5, 0.6) is 5.95 Å². The Kier molecular flexibility index (Phi) is 4.32. The monoisotopic (exact) mass is 517 g/mol. The van der Waals surface area contributed by atoms with Gasteiger partial charge in [0.15, 0.2) is 0 Å². The van der Waals surface area contributed by atoms with Gasteiger partial charge in [0.2, 0.25) is 5.43 Å². The molecule has 39 heavy (non-hydrogen) atoms. The number of aromatic nitrogens is 3. The van der Waals surface area contributed by atoms with Crippen LogP contribution in [0.1, 0.15) is 28.8 Å². The third kappa shape index (κ3) is 2.80. The molecule has 8 heteroatoms. The van der Waals surface area contributed by atoms with Crippen molar-refractivity contribution in [1.82, 2.24) is 13.7 Å². The van der Waals surface area contributed by atoms with Gasteiger partial charge in [-0.05, 0) is 23.1 Å². The number of benzene rings is 3. The molecular weight excluding hydrogens is 494 g/mol. The van der Waals surface area contributed by atoms with E-state index in [1.807, 2.05) is 77.4 Å². The molecule has 0 saturated heterocycles. The molecule has 192 valence electrons. The van der Waals surface area contributed by atoms with E-state index in [1.165, 1.54) is 11.6 Å². The lowest BCUT2D eigenvalue weighted by atomic mass is 9.78. The summed E-state index contributed by atoms with van der Waals surface area (Å²) in [6, 6.07) is 23.3. The number of ether oxygens (including phenoxy) is 1. The molecule has 0 fully saturated rings. The zero-order valence-electron chi connectivity index (χ0n) is 21.3. The molecule has 6 aromatic rings. The van der Waals surface area contributed by atoms with Crippen molar-refractivity contribution in [2.75, 3.05) is 0 Å². The maximum absolute atomic E-state index is 14.2. The maximum Gasteiger partial charge on any atom is 0.332 e. The van der Waals surface area contributed by atoms with E-state index in [2.05, 4.69) is 0 Å². The standard InChI is InChI=1S/C31H23N3O5/c1-32-28-20(29(36)33(2)31(32)37)14-22-23-21(15-34(22)28)26(17-9-4-3-5-10-17)38-30-24(23)25(35)19-13-12-16-8-6-7-11-18(16)27(19)39-30/h3-14,21,23,26H,15H2,1-2H3/t21-,23-,26-/m1/s1. The molecular formula is C31H23N3O5. The van der Waals surface area contributed by atoms with Gasteiger partial charge in [0.25, 0.3) is 11.5 Å². The number of aryl methyl sites for hydroxylation is 1. The molecule has 0 amide bonds. The molecule has 0 spiro atoms. The molecule has 8 rings (SSSR count). The van der Waals surface area contributed by atoms with Gasteiger partial charge in [-0.15, -0.1) is 0 Å². The molecule has 0 saturated carbocycles. The van der Waals surface area contributed by atoms with Gasteiger partial charge in [-0.1, -0.05) is 60.7 Å². The minimum Gasteiger partial charge on any atom is -0.456 e. The van der Waals surface area contributed by atoms with Gasteiger partial charge in [-0.2, -0.15) is 0 Å². The summed E-state index contributed by atoms with van der Waals surface area (Å²) in [4.78, 5) is 40.1. The van der Waals surface area contributed by atoms with Crippen molar-refractivity contribution >= 4 is 32.8 Å². The Hall–Kier alpha value is -4.85. The number of nitrogens with zero attached hydrogens (tertiary/aromatic N) is 3. The fourth-order valence-electron chi connectivity index (χ4n) is 6.71. The van der Waals surface area contributed by atoms with Gasteiger partial charge in [0.05, 0.1) is 16.3 Å². The Morgan fingerprint density at radius 2 is 1.59 bits per heavy atom. The summed E-state index contributed by atoms with van der Waals surface area (Å²) in [5.74, 6) is -0.308. The van der Waals surface area contributed by atoms with Crippen molar-refractivity contribution in [2.24, 2.45) is 20.0 Å². The van der Waals surface area contributed by atoms with E-state index in [0.717, 1.165) is 26.6 Å². The summed E-state index contributed by atoms with van der Waals surface area (Å²) < 4.78 is 17.7. The summed E-state index contributed by atoms with van der Waals surface area (Å²) in [6.07, 6.45) is -0.391. The first-order valence-electron chi connectivity index (χ1n) is 12.9. The first kappa shape index (κ1) is 22.2. The minimum atomic E-state index is -0.392. The first-order chi connectivity index (χ1) is 18.9. The zero-order chi connectivity index (χ0) is 26.6. The second kappa shape index (κ2) is 7.60. The lowest BCUT2D eigenvalue weighted by Crippen LogP contribution is -2.37. The molecule has 0 aliphatic carbocycles. The average molecular weight is 518 g/mol. The predicted molar refractivity (Wildman–Crippen MR) is 148 cm³/mol. The predicted octanol–water partition coefficient (Wildman–Crippen LogP) is 4.19. The van der Waals surface area contributed by atoms with Crippen molar-refractivity contribution in [2.45, 2.75) is 18.6 Å². The summed E-state index contributed by atoms with van der Waals surface area (Å²) in [5, 5.41) is 2.76. The van der Waals surface area contributed by atoms with E-state index in [-0.39, 0.29) is 28.8 Å². The van der Waals surface area contributed by atoms with Crippen LogP contribution in [0.3, 0.4) is 0 Å². The van der Waals surface area contributed by atoms with Crippen molar-refractivity contribution in [3.05, 3.63) is 121 Å². The fraction of sp³-hybridized carbons (Fsp3) is 0.194. The molecule has 0 radical (unpaired) electrons. The normalized spacial score (nSPS) is 19.7. The highest BCUT2D eigenvalue weighted by molar-refractivity contribution is 6.04. The minimum absolute atomic E-state index is 0.140. The van der Waals surface area contributed by atoms with Crippen LogP contribution in [-0.4, -0.2) is 13.7 Å². The second-order valence-electron chi connectivity index (χ2n) is 10.5. The van der Waals surface area contributed by atoms with Crippen LogP contribution in [-0.2, 0) is 20.6 Å². The van der Waals surface area contributed by atoms with Gasteiger partial charge in [0, 0.05) is 43.6 Å². The number of fused-ring (bicyclic) bond motifs is 10. The Morgan fingerprint density at radius 1 is 0.821 bits per heavy atom. The van der Waals surface area contributed by atoms with Crippen molar-refractivity contribution in [3.63, 3.8) is 0 Å². The van der Waals surface area contributed by atoms with E-state index < -0.39 is 11.8 Å². The quantitative estimate of drug-likeness (QED) is 0.305. The highest BCUT2D eigenvalue weighted by atomic mass is 16.6. The van der Waals surface area contributed by atoms with Crippen LogP contribution in [0, 0.1) is 5.92 Å². The van der Waals surface area contributed by atoms with Crippen LogP contribution in [0.2, 0.25) is 0 Å². The van der Waals surface area contributed by atoms with Crippen LogP contribution < -0.4 is 21.4 Å². The Balaban J connectivity index is 1.47. The highest BCUT2D eigenvalue weighted by Crippen LogP contribution is 2.53. The molecule has 3 aromatic carbocycles. The van der Waals surface area contributed by atoms with E-state index in [1.54, 1.807) is 7.05 Å². The summed E-state index contributed by atoms with van der Waals surface area (Å²) in [6.45, 7) is 0.484. The maximum atomic E-state index is 14.2. The molecule has 5 heterocycles. The summed E-state index contributed by atoms with van der Waals surface area (Å²) in [5.41, 5.74) is 2.41. The van der Waals surface area contributed by atoms with Crippen molar-refractivity contribution < 1.29 is 9.15 Å². The van der Waals surface area contributed by atoms with Crippen molar-refractivity contribution in [1.29, 1.82) is 0 Å². The van der Waals surface area contributed by atoms with Gasteiger partial charge >= 0.3 is 5.69 Å². The molecule has 2 aliphatic rings. The van der Waals surface area contributed by atoms with Crippen LogP contribution >= 0.6 is 0 Å². The van der Waals surface area contributed by atoms with Gasteiger partial charge in [0.1, 0.15) is 17.3 Å². The fourth-order valence-corrected chi connectivity index (χ4v) is 6.71. The molecule has 2 aliphatic heterocycles.